The van der Waals surface area contributed by atoms with Crippen molar-refractivity contribution in [1.82, 2.24) is 4.90 Å². The molecule has 2 amide bonds. The molecule has 9 heteroatoms. The van der Waals surface area contributed by atoms with Gasteiger partial charge in [-0.2, -0.15) is 0 Å². The molecule has 1 fully saturated rings. The monoisotopic (exact) mass is 498 g/mol. The van der Waals surface area contributed by atoms with Gasteiger partial charge in [0.05, 0.1) is 43.7 Å². The number of nitrogens with zero attached hydrogens (tertiary/aromatic N) is 2. The normalized spacial score (nSPS) is 19.1. The van der Waals surface area contributed by atoms with Crippen LogP contribution in [-0.2, 0) is 16.1 Å². The van der Waals surface area contributed by atoms with Gasteiger partial charge in [-0.25, -0.2) is 9.69 Å². The maximum absolute atomic E-state index is 13.5. The van der Waals surface area contributed by atoms with Gasteiger partial charge in [-0.15, -0.1) is 0 Å². The van der Waals surface area contributed by atoms with Crippen LogP contribution in [0.5, 0.6) is 11.5 Å². The van der Waals surface area contributed by atoms with E-state index < -0.39 is 18.4 Å². The van der Waals surface area contributed by atoms with E-state index in [-0.39, 0.29) is 29.9 Å². The topological polar surface area (TPSA) is 97.8 Å². The van der Waals surface area contributed by atoms with Crippen LogP contribution in [0.25, 0.3) is 0 Å². The molecule has 0 aromatic heterocycles. The second-order valence-corrected chi connectivity index (χ2v) is 9.17. The minimum absolute atomic E-state index is 0.0376. The van der Waals surface area contributed by atoms with Gasteiger partial charge in [-0.1, -0.05) is 30.3 Å². The number of benzene rings is 2. The number of aliphatic hydroxyl groups excluding tert-OH is 1. The van der Waals surface area contributed by atoms with Gasteiger partial charge in [0.25, 0.3) is 5.91 Å². The Labute approximate surface area is 211 Å². The Morgan fingerprint density at radius 3 is 2.64 bits per heavy atom. The number of aliphatic hydroxyl groups is 1. The predicted octanol–water partition coefficient (Wildman–Crippen LogP) is 3.97. The van der Waals surface area contributed by atoms with Gasteiger partial charge >= 0.3 is 6.09 Å². The van der Waals surface area contributed by atoms with Crippen molar-refractivity contribution in [3.63, 3.8) is 0 Å². The number of fused-ring (bicyclic) bond motifs is 2. The molecule has 4 rings (SSSR count). The van der Waals surface area contributed by atoms with Crippen LogP contribution in [-0.4, -0.2) is 67.2 Å². The molecular weight excluding hydrogens is 464 g/mol. The van der Waals surface area contributed by atoms with E-state index in [9.17, 15) is 14.7 Å². The van der Waals surface area contributed by atoms with Crippen LogP contribution < -0.4 is 14.4 Å². The highest BCUT2D eigenvalue weighted by atomic mass is 16.6. The molecule has 2 aromatic rings. The average Bonchev–Trinajstić information content (AvgIpc) is 3.35. The first kappa shape index (κ1) is 25.8. The fourth-order valence-electron chi connectivity index (χ4n) is 4.57. The van der Waals surface area contributed by atoms with Crippen LogP contribution in [0.2, 0.25) is 0 Å². The van der Waals surface area contributed by atoms with Crippen molar-refractivity contribution in [2.45, 2.75) is 58.1 Å². The summed E-state index contributed by atoms with van der Waals surface area (Å²) in [7, 11) is 1.50. The van der Waals surface area contributed by atoms with Crippen LogP contribution in [0.3, 0.4) is 0 Å². The third-order valence-corrected chi connectivity index (χ3v) is 6.34. The summed E-state index contributed by atoms with van der Waals surface area (Å²) in [5.41, 5.74) is 1.30. The number of amides is 2. The molecule has 0 radical (unpaired) electrons. The largest absolute Gasteiger partial charge is 0.493 e. The second kappa shape index (κ2) is 11.6. The highest BCUT2D eigenvalue weighted by Crippen LogP contribution is 2.41. The highest BCUT2D eigenvalue weighted by molar-refractivity contribution is 6.06. The number of carbonyl (C=O) groups is 2. The lowest BCUT2D eigenvalue weighted by molar-refractivity contribution is 0.0485. The van der Waals surface area contributed by atoms with Gasteiger partial charge in [0.2, 0.25) is 0 Å². The molecule has 2 aliphatic heterocycles. The van der Waals surface area contributed by atoms with Crippen molar-refractivity contribution >= 4 is 17.7 Å². The lowest BCUT2D eigenvalue weighted by Gasteiger charge is -2.31. The molecule has 2 aliphatic rings. The van der Waals surface area contributed by atoms with Gasteiger partial charge < -0.3 is 29.0 Å². The van der Waals surface area contributed by atoms with Crippen molar-refractivity contribution in [3.05, 3.63) is 53.6 Å². The van der Waals surface area contributed by atoms with E-state index in [1.807, 2.05) is 44.2 Å². The number of carbonyl (C=O) groups excluding carboxylic acids is 2. The minimum atomic E-state index is -1.26. The van der Waals surface area contributed by atoms with Crippen LogP contribution in [0.1, 0.15) is 49.0 Å². The molecule has 0 saturated carbocycles. The lowest BCUT2D eigenvalue weighted by Crippen LogP contribution is -2.50. The third kappa shape index (κ3) is 5.57. The van der Waals surface area contributed by atoms with E-state index in [2.05, 4.69) is 0 Å². The van der Waals surface area contributed by atoms with Crippen molar-refractivity contribution in [3.8, 4) is 11.5 Å². The van der Waals surface area contributed by atoms with Gasteiger partial charge in [-0.3, -0.25) is 4.79 Å². The zero-order valence-electron chi connectivity index (χ0n) is 21.0. The molecular formula is C27H34N2O7. The standard InChI is InChI=1S/C27H34N2O7/c1-18(2)34-13-8-14-35-24-16-22-20(15-23(24)33-3)25(30)28-12-7-11-21(28)26(31)29(22)27(32)36-17-19-9-5-4-6-10-19/h4-6,9-10,15-16,18,21,26,31H,7-8,11-14,17H2,1-3H3/t21-,26?/m0/s1. The van der Waals surface area contributed by atoms with Gasteiger partial charge in [0.1, 0.15) is 6.61 Å². The Bertz CT molecular complexity index is 1060. The van der Waals surface area contributed by atoms with E-state index in [4.69, 9.17) is 18.9 Å². The number of hydrogen-bond acceptors (Lipinski definition) is 7. The zero-order valence-corrected chi connectivity index (χ0v) is 21.0. The summed E-state index contributed by atoms with van der Waals surface area (Å²) in [6.45, 7) is 5.37. The maximum atomic E-state index is 13.5. The summed E-state index contributed by atoms with van der Waals surface area (Å²) in [6, 6.07) is 11.9. The molecule has 36 heavy (non-hydrogen) atoms. The molecule has 2 atom stereocenters. The van der Waals surface area contributed by atoms with Crippen LogP contribution >= 0.6 is 0 Å². The van der Waals surface area contributed by atoms with Crippen molar-refractivity contribution in [1.29, 1.82) is 0 Å². The van der Waals surface area contributed by atoms with E-state index in [1.165, 1.54) is 12.0 Å². The third-order valence-electron chi connectivity index (χ3n) is 6.34. The minimum Gasteiger partial charge on any atom is -0.493 e. The van der Waals surface area contributed by atoms with Gasteiger partial charge in [0, 0.05) is 19.0 Å². The molecule has 1 N–H and O–H groups in total. The molecule has 0 bridgehead atoms. The fraction of sp³-hybridized carbons (Fsp3) is 0.481. The fourth-order valence-corrected chi connectivity index (χ4v) is 4.57. The summed E-state index contributed by atoms with van der Waals surface area (Å²) in [4.78, 5) is 29.6. The van der Waals surface area contributed by atoms with E-state index in [0.29, 0.717) is 44.1 Å². The Morgan fingerprint density at radius 1 is 1.14 bits per heavy atom. The Hall–Kier alpha value is -3.30. The lowest BCUT2D eigenvalue weighted by atomic mass is 10.1. The van der Waals surface area contributed by atoms with E-state index in [1.54, 1.807) is 17.0 Å². The number of methoxy groups -OCH3 is 1. The Balaban J connectivity index is 1.64. The average molecular weight is 499 g/mol. The molecule has 0 aliphatic carbocycles. The van der Waals surface area contributed by atoms with Crippen LogP contribution in [0.15, 0.2) is 42.5 Å². The Morgan fingerprint density at radius 2 is 1.92 bits per heavy atom. The summed E-state index contributed by atoms with van der Waals surface area (Å²) >= 11 is 0. The number of rotatable bonds is 9. The molecule has 194 valence electrons. The molecule has 1 saturated heterocycles. The SMILES string of the molecule is COc1cc2c(cc1OCCCOC(C)C)N(C(=O)OCc1ccccc1)C(O)[C@@H]1CCCN1C2=O. The molecule has 9 nitrogen and oxygen atoms in total. The quantitative estimate of drug-likeness (QED) is 0.523. The first-order valence-corrected chi connectivity index (χ1v) is 12.4. The van der Waals surface area contributed by atoms with Gasteiger partial charge in [0.15, 0.2) is 17.7 Å². The van der Waals surface area contributed by atoms with E-state index in [0.717, 1.165) is 12.0 Å². The molecule has 2 heterocycles. The zero-order chi connectivity index (χ0) is 25.7. The smallest absolute Gasteiger partial charge is 0.416 e. The Kier molecular flexibility index (Phi) is 8.32. The van der Waals surface area contributed by atoms with Crippen molar-refractivity contribution < 1.29 is 33.6 Å². The van der Waals surface area contributed by atoms with Crippen molar-refractivity contribution in [2.75, 3.05) is 31.8 Å². The van der Waals surface area contributed by atoms with Crippen LogP contribution in [0, 0.1) is 0 Å². The number of hydrogen-bond donors (Lipinski definition) is 1. The predicted molar refractivity (Wildman–Crippen MR) is 133 cm³/mol. The summed E-state index contributed by atoms with van der Waals surface area (Å²) in [5, 5.41) is 11.3. The first-order valence-electron chi connectivity index (χ1n) is 12.4. The molecule has 0 spiro atoms. The number of ether oxygens (including phenoxy) is 4. The molecule has 2 aromatic carbocycles. The van der Waals surface area contributed by atoms with E-state index >= 15 is 0 Å². The maximum Gasteiger partial charge on any atom is 0.416 e. The van der Waals surface area contributed by atoms with Gasteiger partial charge in [-0.05, 0) is 38.3 Å². The highest BCUT2D eigenvalue weighted by Gasteiger charge is 2.45. The van der Waals surface area contributed by atoms with Crippen molar-refractivity contribution in [2.24, 2.45) is 0 Å². The first-order chi connectivity index (χ1) is 17.4. The summed E-state index contributed by atoms with van der Waals surface area (Å²) in [5.74, 6) is 0.473. The summed E-state index contributed by atoms with van der Waals surface area (Å²) < 4.78 is 22.6. The summed E-state index contributed by atoms with van der Waals surface area (Å²) in [6.07, 6.45) is 0.104. The molecule has 1 unspecified atom stereocenters. The second-order valence-electron chi connectivity index (χ2n) is 9.17. The van der Waals surface area contributed by atoms with Crippen LogP contribution in [0.4, 0.5) is 10.5 Å². The number of anilines is 1.